The van der Waals surface area contributed by atoms with Crippen LogP contribution in [-0.2, 0) is 4.74 Å². The van der Waals surface area contributed by atoms with E-state index >= 15 is 0 Å². The summed E-state index contributed by atoms with van der Waals surface area (Å²) < 4.78 is 5.84. The fraction of sp³-hybridized carbons (Fsp3) is 1.00. The molecule has 2 nitrogen and oxygen atoms in total. The van der Waals surface area contributed by atoms with Gasteiger partial charge in [-0.2, -0.15) is 0 Å². The van der Waals surface area contributed by atoms with E-state index in [1.165, 1.54) is 25.7 Å². The number of ether oxygens (including phenoxy) is 1. The molecule has 1 aliphatic rings. The molecule has 2 atom stereocenters. The molecule has 0 heterocycles. The lowest BCUT2D eigenvalue weighted by atomic mass is 9.86. The van der Waals surface area contributed by atoms with Gasteiger partial charge in [0.2, 0.25) is 0 Å². The molecule has 0 spiro atoms. The normalized spacial score (nSPS) is 27.0. The lowest BCUT2D eigenvalue weighted by molar-refractivity contribution is -0.0194. The molecule has 0 saturated heterocycles. The number of nitrogens with one attached hydrogen (secondary N) is 1. The van der Waals surface area contributed by atoms with Gasteiger partial charge in [-0.05, 0) is 39.0 Å². The summed E-state index contributed by atoms with van der Waals surface area (Å²) in [5.74, 6) is 0.841. The quantitative estimate of drug-likeness (QED) is 0.703. The Morgan fingerprint density at radius 1 is 1.25 bits per heavy atom. The lowest BCUT2D eigenvalue weighted by Crippen LogP contribution is -2.40. The molecule has 0 aromatic heterocycles. The van der Waals surface area contributed by atoms with E-state index in [0.29, 0.717) is 0 Å². The van der Waals surface area contributed by atoms with Crippen LogP contribution in [0, 0.1) is 5.92 Å². The van der Waals surface area contributed by atoms with Gasteiger partial charge in [-0.1, -0.05) is 26.7 Å². The van der Waals surface area contributed by atoms with Crippen molar-refractivity contribution < 1.29 is 4.74 Å². The SMILES string of the molecule is CCC(C)(C)OCCNC1CCCCC1C. The molecule has 96 valence electrons. The van der Waals surface area contributed by atoms with Crippen molar-refractivity contribution in [3.8, 4) is 0 Å². The van der Waals surface area contributed by atoms with Gasteiger partial charge in [0.25, 0.3) is 0 Å². The predicted molar refractivity (Wildman–Crippen MR) is 69.7 cm³/mol. The smallest absolute Gasteiger partial charge is 0.0624 e. The van der Waals surface area contributed by atoms with Crippen molar-refractivity contribution in [2.24, 2.45) is 5.92 Å². The van der Waals surface area contributed by atoms with E-state index in [1.807, 2.05) is 0 Å². The lowest BCUT2D eigenvalue weighted by Gasteiger charge is -2.30. The van der Waals surface area contributed by atoms with E-state index in [2.05, 4.69) is 33.0 Å². The molecule has 0 radical (unpaired) electrons. The Morgan fingerprint density at radius 3 is 2.56 bits per heavy atom. The maximum atomic E-state index is 5.84. The van der Waals surface area contributed by atoms with Gasteiger partial charge in [0.1, 0.15) is 0 Å². The van der Waals surface area contributed by atoms with Crippen LogP contribution in [0.1, 0.15) is 59.8 Å². The summed E-state index contributed by atoms with van der Waals surface area (Å²) in [5, 5.41) is 3.64. The van der Waals surface area contributed by atoms with Gasteiger partial charge in [-0.15, -0.1) is 0 Å². The zero-order valence-electron chi connectivity index (χ0n) is 11.5. The second-order valence-corrected chi connectivity index (χ2v) is 5.78. The molecular formula is C14H29NO. The van der Waals surface area contributed by atoms with Crippen LogP contribution < -0.4 is 5.32 Å². The Labute approximate surface area is 101 Å². The van der Waals surface area contributed by atoms with Crippen LogP contribution in [0.15, 0.2) is 0 Å². The van der Waals surface area contributed by atoms with Crippen molar-refractivity contribution in [3.05, 3.63) is 0 Å². The first-order chi connectivity index (χ1) is 7.55. The van der Waals surface area contributed by atoms with Crippen molar-refractivity contribution >= 4 is 0 Å². The van der Waals surface area contributed by atoms with Gasteiger partial charge in [0.15, 0.2) is 0 Å². The molecule has 1 rings (SSSR count). The zero-order chi connectivity index (χ0) is 12.0. The molecule has 0 amide bonds. The monoisotopic (exact) mass is 227 g/mol. The van der Waals surface area contributed by atoms with E-state index in [9.17, 15) is 0 Å². The molecule has 0 aromatic rings. The third-order valence-corrected chi connectivity index (χ3v) is 3.96. The minimum Gasteiger partial charge on any atom is -0.374 e. The summed E-state index contributed by atoms with van der Waals surface area (Å²) in [6.45, 7) is 10.7. The minimum atomic E-state index is 0.0415. The summed E-state index contributed by atoms with van der Waals surface area (Å²) >= 11 is 0. The highest BCUT2D eigenvalue weighted by atomic mass is 16.5. The Balaban J connectivity index is 2.10. The van der Waals surface area contributed by atoms with Crippen LogP contribution in [0.5, 0.6) is 0 Å². The second-order valence-electron chi connectivity index (χ2n) is 5.78. The third kappa shape index (κ3) is 4.84. The Morgan fingerprint density at radius 2 is 1.94 bits per heavy atom. The fourth-order valence-electron chi connectivity index (χ4n) is 2.29. The topological polar surface area (TPSA) is 21.3 Å². The predicted octanol–water partition coefficient (Wildman–Crippen LogP) is 3.36. The van der Waals surface area contributed by atoms with Crippen molar-refractivity contribution in [1.82, 2.24) is 5.32 Å². The van der Waals surface area contributed by atoms with E-state index in [1.54, 1.807) is 0 Å². The molecule has 16 heavy (non-hydrogen) atoms. The van der Waals surface area contributed by atoms with Gasteiger partial charge in [-0.25, -0.2) is 0 Å². The summed E-state index contributed by atoms with van der Waals surface area (Å²) in [5.41, 5.74) is 0.0415. The zero-order valence-corrected chi connectivity index (χ0v) is 11.5. The average Bonchev–Trinajstić information content (AvgIpc) is 2.27. The average molecular weight is 227 g/mol. The van der Waals surface area contributed by atoms with E-state index < -0.39 is 0 Å². The van der Waals surface area contributed by atoms with Crippen LogP contribution in [0.4, 0.5) is 0 Å². The van der Waals surface area contributed by atoms with Crippen molar-refractivity contribution in [3.63, 3.8) is 0 Å². The van der Waals surface area contributed by atoms with Crippen LogP contribution in [0.25, 0.3) is 0 Å². The summed E-state index contributed by atoms with van der Waals surface area (Å²) in [6, 6.07) is 0.724. The van der Waals surface area contributed by atoms with E-state index in [-0.39, 0.29) is 5.60 Å². The van der Waals surface area contributed by atoms with Crippen LogP contribution in [0.3, 0.4) is 0 Å². The van der Waals surface area contributed by atoms with Gasteiger partial charge < -0.3 is 10.1 Å². The molecule has 0 aliphatic heterocycles. The van der Waals surface area contributed by atoms with Gasteiger partial charge in [-0.3, -0.25) is 0 Å². The van der Waals surface area contributed by atoms with Gasteiger partial charge in [0.05, 0.1) is 12.2 Å². The number of hydrogen-bond acceptors (Lipinski definition) is 2. The highest BCUT2D eigenvalue weighted by molar-refractivity contribution is 4.78. The fourth-order valence-corrected chi connectivity index (χ4v) is 2.29. The Hall–Kier alpha value is -0.0800. The third-order valence-electron chi connectivity index (χ3n) is 3.96. The summed E-state index contributed by atoms with van der Waals surface area (Å²) in [4.78, 5) is 0. The maximum absolute atomic E-state index is 5.84. The van der Waals surface area contributed by atoms with E-state index in [4.69, 9.17) is 4.74 Å². The standard InChI is InChI=1S/C14H29NO/c1-5-14(3,4)16-11-10-15-13-9-7-6-8-12(13)2/h12-13,15H,5-11H2,1-4H3. The first kappa shape index (κ1) is 14.0. The summed E-state index contributed by atoms with van der Waals surface area (Å²) in [7, 11) is 0. The number of hydrogen-bond donors (Lipinski definition) is 1. The van der Waals surface area contributed by atoms with Crippen LogP contribution in [0.2, 0.25) is 0 Å². The van der Waals surface area contributed by atoms with Gasteiger partial charge in [0, 0.05) is 12.6 Å². The second kappa shape index (κ2) is 6.61. The van der Waals surface area contributed by atoms with Crippen molar-refractivity contribution in [2.75, 3.05) is 13.2 Å². The van der Waals surface area contributed by atoms with E-state index in [0.717, 1.165) is 31.5 Å². The van der Waals surface area contributed by atoms with Gasteiger partial charge >= 0.3 is 0 Å². The highest BCUT2D eigenvalue weighted by Crippen LogP contribution is 2.23. The first-order valence-electron chi connectivity index (χ1n) is 6.92. The molecule has 1 fully saturated rings. The highest BCUT2D eigenvalue weighted by Gasteiger charge is 2.20. The van der Waals surface area contributed by atoms with Crippen LogP contribution >= 0.6 is 0 Å². The molecule has 2 heteroatoms. The maximum Gasteiger partial charge on any atom is 0.0624 e. The molecule has 0 bridgehead atoms. The van der Waals surface area contributed by atoms with Crippen LogP contribution in [-0.4, -0.2) is 24.8 Å². The van der Waals surface area contributed by atoms with Crippen molar-refractivity contribution in [2.45, 2.75) is 71.4 Å². The largest absolute Gasteiger partial charge is 0.374 e. The number of rotatable bonds is 6. The summed E-state index contributed by atoms with van der Waals surface area (Å²) in [6.07, 6.45) is 6.62. The molecule has 0 aromatic carbocycles. The van der Waals surface area contributed by atoms with Crippen molar-refractivity contribution in [1.29, 1.82) is 0 Å². The first-order valence-corrected chi connectivity index (χ1v) is 6.92. The molecule has 1 N–H and O–H groups in total. The molecule has 1 saturated carbocycles. The molecule has 2 unspecified atom stereocenters. The molecule has 1 aliphatic carbocycles. The molecular weight excluding hydrogens is 198 g/mol. The Bertz CT molecular complexity index is 191. The minimum absolute atomic E-state index is 0.0415. The Kier molecular flexibility index (Phi) is 5.77.